The highest BCUT2D eigenvalue weighted by molar-refractivity contribution is 5.81. The largest absolute Gasteiger partial charge is 0.383 e. The van der Waals surface area contributed by atoms with Gasteiger partial charge in [-0.3, -0.25) is 4.79 Å². The monoisotopic (exact) mass is 366 g/mol. The number of nitrogens with zero attached hydrogens (tertiary/aromatic N) is 1. The van der Waals surface area contributed by atoms with Crippen molar-refractivity contribution in [1.29, 1.82) is 0 Å². The minimum atomic E-state index is -0.397. The van der Waals surface area contributed by atoms with Gasteiger partial charge in [-0.05, 0) is 23.6 Å². The average Bonchev–Trinajstić information content (AvgIpc) is 3.26. The van der Waals surface area contributed by atoms with Crippen molar-refractivity contribution in [2.24, 2.45) is 0 Å². The number of benzene rings is 2. The first-order chi connectivity index (χ1) is 13.2. The lowest BCUT2D eigenvalue weighted by Gasteiger charge is -2.24. The van der Waals surface area contributed by atoms with Crippen molar-refractivity contribution in [3.8, 4) is 0 Å². The summed E-state index contributed by atoms with van der Waals surface area (Å²) in [5.74, 6) is -0.0390. The highest BCUT2D eigenvalue weighted by atomic mass is 16.5. The first-order valence-corrected chi connectivity index (χ1v) is 9.48. The number of amides is 1. The van der Waals surface area contributed by atoms with Gasteiger partial charge in [0.05, 0.1) is 13.2 Å². The molecule has 0 saturated carbocycles. The molecule has 1 spiro atoms. The van der Waals surface area contributed by atoms with Crippen LogP contribution in [0.5, 0.6) is 0 Å². The van der Waals surface area contributed by atoms with Gasteiger partial charge in [-0.1, -0.05) is 48.5 Å². The molecule has 27 heavy (non-hydrogen) atoms. The lowest BCUT2D eigenvalue weighted by Crippen LogP contribution is -2.38. The van der Waals surface area contributed by atoms with Crippen LogP contribution in [0.3, 0.4) is 0 Å². The lowest BCUT2D eigenvalue weighted by molar-refractivity contribution is -0.130. The minimum Gasteiger partial charge on any atom is -0.383 e. The van der Waals surface area contributed by atoms with E-state index in [0.29, 0.717) is 26.2 Å². The molecule has 2 atom stereocenters. The van der Waals surface area contributed by atoms with Crippen LogP contribution in [0, 0.1) is 0 Å². The molecular formula is C22H26N2O3. The van der Waals surface area contributed by atoms with E-state index in [1.54, 1.807) is 7.11 Å². The topological polar surface area (TPSA) is 50.8 Å². The van der Waals surface area contributed by atoms with Crippen molar-refractivity contribution in [3.63, 3.8) is 0 Å². The van der Waals surface area contributed by atoms with Crippen LogP contribution in [-0.2, 0) is 26.2 Å². The zero-order chi connectivity index (χ0) is 18.7. The molecule has 2 aromatic rings. The van der Waals surface area contributed by atoms with E-state index >= 15 is 0 Å². The number of para-hydroxylation sites is 1. The lowest BCUT2D eigenvalue weighted by atomic mass is 9.80. The molecule has 4 rings (SSSR count). The molecule has 2 unspecified atom stereocenters. The third-order valence-electron chi connectivity index (χ3n) is 5.56. The van der Waals surface area contributed by atoms with Crippen LogP contribution >= 0.6 is 0 Å². The van der Waals surface area contributed by atoms with E-state index in [1.165, 1.54) is 16.8 Å². The molecule has 142 valence electrons. The molecule has 1 amide bonds. The molecule has 2 heterocycles. The van der Waals surface area contributed by atoms with Crippen molar-refractivity contribution in [2.45, 2.75) is 24.5 Å². The normalized spacial score (nSPS) is 23.6. The van der Waals surface area contributed by atoms with Gasteiger partial charge in [0, 0.05) is 37.8 Å². The number of hydrogen-bond acceptors (Lipinski definition) is 4. The SMILES string of the molecule is COCCNC(=O)C1CC2(CO1)CN(Cc1ccccc1)c1ccccc12. The van der Waals surface area contributed by atoms with Crippen molar-refractivity contribution in [3.05, 3.63) is 65.7 Å². The summed E-state index contributed by atoms with van der Waals surface area (Å²) in [5, 5.41) is 2.90. The smallest absolute Gasteiger partial charge is 0.249 e. The molecule has 1 fully saturated rings. The van der Waals surface area contributed by atoms with E-state index in [4.69, 9.17) is 9.47 Å². The second-order valence-corrected chi connectivity index (χ2v) is 7.43. The highest BCUT2D eigenvalue weighted by Crippen LogP contribution is 2.47. The second-order valence-electron chi connectivity index (χ2n) is 7.43. The number of fused-ring (bicyclic) bond motifs is 2. The quantitative estimate of drug-likeness (QED) is 0.798. The maximum absolute atomic E-state index is 12.4. The van der Waals surface area contributed by atoms with E-state index in [9.17, 15) is 4.79 Å². The van der Waals surface area contributed by atoms with Gasteiger partial charge in [0.25, 0.3) is 0 Å². The Morgan fingerprint density at radius 2 is 2.00 bits per heavy atom. The Labute approximate surface area is 160 Å². The van der Waals surface area contributed by atoms with Gasteiger partial charge >= 0.3 is 0 Å². The van der Waals surface area contributed by atoms with Gasteiger partial charge in [-0.25, -0.2) is 0 Å². The Hall–Kier alpha value is -2.37. The standard InChI is InChI=1S/C22H26N2O3/c1-26-12-11-23-21(25)20-13-22(16-27-20)15-24(14-17-7-3-2-4-8-17)19-10-6-5-9-18(19)22/h2-10,20H,11-16H2,1H3,(H,23,25). The summed E-state index contributed by atoms with van der Waals surface area (Å²) in [6, 6.07) is 19.0. The number of carbonyl (C=O) groups excluding carboxylic acids is 1. The van der Waals surface area contributed by atoms with Gasteiger partial charge in [0.1, 0.15) is 6.10 Å². The fourth-order valence-electron chi connectivity index (χ4n) is 4.27. The Morgan fingerprint density at radius 3 is 2.81 bits per heavy atom. The van der Waals surface area contributed by atoms with Gasteiger partial charge < -0.3 is 19.7 Å². The predicted molar refractivity (Wildman–Crippen MR) is 105 cm³/mol. The zero-order valence-corrected chi connectivity index (χ0v) is 15.7. The van der Waals surface area contributed by atoms with Crippen molar-refractivity contribution in [2.75, 3.05) is 38.3 Å². The molecule has 0 aliphatic carbocycles. The van der Waals surface area contributed by atoms with E-state index in [1.807, 2.05) is 6.07 Å². The maximum Gasteiger partial charge on any atom is 0.249 e. The second kappa shape index (κ2) is 7.71. The van der Waals surface area contributed by atoms with Crippen LogP contribution in [0.2, 0.25) is 0 Å². The first kappa shape index (κ1) is 18.0. The van der Waals surface area contributed by atoms with Crippen LogP contribution in [0.4, 0.5) is 5.69 Å². The van der Waals surface area contributed by atoms with Crippen LogP contribution in [-0.4, -0.2) is 45.4 Å². The number of rotatable bonds is 6. The number of ether oxygens (including phenoxy) is 2. The minimum absolute atomic E-state index is 0.0390. The van der Waals surface area contributed by atoms with Crippen molar-refractivity contribution in [1.82, 2.24) is 5.32 Å². The third kappa shape index (κ3) is 3.57. The van der Waals surface area contributed by atoms with Gasteiger partial charge in [-0.2, -0.15) is 0 Å². The van der Waals surface area contributed by atoms with Gasteiger partial charge in [0.2, 0.25) is 5.91 Å². The zero-order valence-electron chi connectivity index (χ0n) is 15.7. The van der Waals surface area contributed by atoms with Crippen LogP contribution in [0.15, 0.2) is 54.6 Å². The summed E-state index contributed by atoms with van der Waals surface area (Å²) in [6.07, 6.45) is 0.320. The maximum atomic E-state index is 12.4. The molecule has 2 aromatic carbocycles. The molecule has 0 bridgehead atoms. The summed E-state index contributed by atoms with van der Waals surface area (Å²) in [5.41, 5.74) is 3.73. The molecular weight excluding hydrogens is 340 g/mol. The molecule has 0 radical (unpaired) electrons. The molecule has 1 saturated heterocycles. The van der Waals surface area contributed by atoms with Gasteiger partial charge in [0.15, 0.2) is 0 Å². The van der Waals surface area contributed by atoms with Crippen LogP contribution < -0.4 is 10.2 Å². The van der Waals surface area contributed by atoms with Crippen LogP contribution in [0.25, 0.3) is 0 Å². The third-order valence-corrected chi connectivity index (χ3v) is 5.56. The molecule has 2 aliphatic rings. The number of methoxy groups -OCH3 is 1. The predicted octanol–water partition coefficient (Wildman–Crippen LogP) is 2.50. The summed E-state index contributed by atoms with van der Waals surface area (Å²) in [4.78, 5) is 14.9. The summed E-state index contributed by atoms with van der Waals surface area (Å²) < 4.78 is 11.0. The van der Waals surface area contributed by atoms with Gasteiger partial charge in [-0.15, -0.1) is 0 Å². The first-order valence-electron chi connectivity index (χ1n) is 9.48. The fraction of sp³-hybridized carbons (Fsp3) is 0.409. The fourth-order valence-corrected chi connectivity index (χ4v) is 4.27. The van der Waals surface area contributed by atoms with Crippen molar-refractivity contribution < 1.29 is 14.3 Å². The van der Waals surface area contributed by atoms with Crippen LogP contribution in [0.1, 0.15) is 17.5 Å². The van der Waals surface area contributed by atoms with E-state index in [0.717, 1.165) is 13.1 Å². The van der Waals surface area contributed by atoms with E-state index in [2.05, 4.69) is 58.7 Å². The molecule has 2 aliphatic heterocycles. The van der Waals surface area contributed by atoms with Crippen molar-refractivity contribution >= 4 is 11.6 Å². The molecule has 5 nitrogen and oxygen atoms in total. The Balaban J connectivity index is 1.51. The number of carbonyl (C=O) groups is 1. The summed E-state index contributed by atoms with van der Waals surface area (Å²) >= 11 is 0. The number of nitrogens with one attached hydrogen (secondary N) is 1. The summed E-state index contributed by atoms with van der Waals surface area (Å²) in [7, 11) is 1.63. The Bertz CT molecular complexity index is 795. The van der Waals surface area contributed by atoms with E-state index < -0.39 is 6.10 Å². The molecule has 1 N–H and O–H groups in total. The number of anilines is 1. The average molecular weight is 366 g/mol. The summed E-state index contributed by atoms with van der Waals surface area (Å²) in [6.45, 7) is 3.35. The molecule has 5 heteroatoms. The Morgan fingerprint density at radius 1 is 1.22 bits per heavy atom. The van der Waals surface area contributed by atoms with E-state index in [-0.39, 0.29) is 11.3 Å². The highest BCUT2D eigenvalue weighted by Gasteiger charge is 2.50. The Kier molecular flexibility index (Phi) is 5.14. The molecule has 0 aromatic heterocycles. The number of hydrogen-bond donors (Lipinski definition) is 1.